The largest absolute Gasteiger partial charge is 0.361 e. The van der Waals surface area contributed by atoms with Gasteiger partial charge in [0.25, 0.3) is 0 Å². The molecule has 1 heterocycles. The fraction of sp³-hybridized carbons (Fsp3) is 0.733. The van der Waals surface area contributed by atoms with Gasteiger partial charge in [-0.2, -0.15) is 0 Å². The van der Waals surface area contributed by atoms with Gasteiger partial charge in [-0.05, 0) is 32.3 Å². The van der Waals surface area contributed by atoms with Crippen molar-refractivity contribution < 1.29 is 15.0 Å². The van der Waals surface area contributed by atoms with Crippen LogP contribution in [0.15, 0.2) is 16.4 Å². The molecular weight excluding hydrogens is 256 g/mol. The lowest BCUT2D eigenvalue weighted by Crippen LogP contribution is -2.47. The van der Waals surface area contributed by atoms with Crippen molar-refractivity contribution in [1.29, 1.82) is 0 Å². The number of carbonyl (C=O) groups excluding carboxylic acids is 1. The summed E-state index contributed by atoms with van der Waals surface area (Å²) >= 11 is 0. The highest BCUT2D eigenvalue weighted by Crippen LogP contribution is 2.31. The minimum absolute atomic E-state index is 0.00572. The highest BCUT2D eigenvalue weighted by Gasteiger charge is 2.40. The SMILES string of the molecule is CC1=NC(NC(=O)C2CCCCC2)=C(C)C(C)C1(O)O. The van der Waals surface area contributed by atoms with Gasteiger partial charge in [-0.25, -0.2) is 4.99 Å². The second-order valence-corrected chi connectivity index (χ2v) is 6.00. The molecule has 0 aromatic heterocycles. The molecule has 1 atom stereocenters. The first kappa shape index (κ1) is 15.2. The molecule has 0 bridgehead atoms. The topological polar surface area (TPSA) is 81.9 Å². The van der Waals surface area contributed by atoms with Crippen LogP contribution in [-0.2, 0) is 4.79 Å². The number of aliphatic imine (C=N–C) groups is 1. The molecule has 0 spiro atoms. The first-order chi connectivity index (χ1) is 9.34. The van der Waals surface area contributed by atoms with Crippen molar-refractivity contribution in [2.24, 2.45) is 16.8 Å². The molecule has 20 heavy (non-hydrogen) atoms. The van der Waals surface area contributed by atoms with Gasteiger partial charge in [0.2, 0.25) is 11.7 Å². The van der Waals surface area contributed by atoms with Crippen LogP contribution >= 0.6 is 0 Å². The van der Waals surface area contributed by atoms with E-state index in [4.69, 9.17) is 0 Å². The van der Waals surface area contributed by atoms with Crippen molar-refractivity contribution in [2.75, 3.05) is 0 Å². The molecule has 1 aliphatic carbocycles. The van der Waals surface area contributed by atoms with E-state index in [-0.39, 0.29) is 17.5 Å². The molecule has 2 aliphatic rings. The van der Waals surface area contributed by atoms with Crippen molar-refractivity contribution in [3.8, 4) is 0 Å². The molecule has 3 N–H and O–H groups in total. The summed E-state index contributed by atoms with van der Waals surface area (Å²) in [5.41, 5.74) is 0.916. The first-order valence-electron chi connectivity index (χ1n) is 7.36. The number of amides is 1. The van der Waals surface area contributed by atoms with E-state index >= 15 is 0 Å². The third kappa shape index (κ3) is 2.79. The standard InChI is InChI=1S/C15H24N2O3/c1-9-10(2)15(19,20)11(3)16-13(9)17-14(18)12-7-5-4-6-8-12/h10,12,19-20H,4-8H2,1-3H3,(H,17,18). The molecule has 0 aromatic carbocycles. The van der Waals surface area contributed by atoms with Gasteiger partial charge in [0.1, 0.15) is 5.82 Å². The van der Waals surface area contributed by atoms with Crippen LogP contribution in [0.4, 0.5) is 0 Å². The van der Waals surface area contributed by atoms with Gasteiger partial charge < -0.3 is 15.5 Å². The number of aliphatic hydroxyl groups is 2. The zero-order chi connectivity index (χ0) is 14.9. The molecule has 1 unspecified atom stereocenters. The Morgan fingerprint density at radius 1 is 1.25 bits per heavy atom. The van der Waals surface area contributed by atoms with Crippen molar-refractivity contribution in [1.82, 2.24) is 5.32 Å². The Kier molecular flexibility index (Phi) is 4.30. The summed E-state index contributed by atoms with van der Waals surface area (Å²) in [4.78, 5) is 16.4. The van der Waals surface area contributed by atoms with Crippen molar-refractivity contribution in [3.63, 3.8) is 0 Å². The number of carbonyl (C=O) groups is 1. The summed E-state index contributed by atoms with van der Waals surface area (Å²) in [5.74, 6) is -1.87. The molecule has 0 radical (unpaired) electrons. The summed E-state index contributed by atoms with van der Waals surface area (Å²) in [6, 6.07) is 0. The molecule has 5 heteroatoms. The molecule has 1 aliphatic heterocycles. The molecule has 112 valence electrons. The fourth-order valence-electron chi connectivity index (χ4n) is 2.87. The number of rotatable bonds is 2. The highest BCUT2D eigenvalue weighted by atomic mass is 16.5. The summed E-state index contributed by atoms with van der Waals surface area (Å²) in [6.45, 7) is 5.06. The lowest BCUT2D eigenvalue weighted by Gasteiger charge is -2.34. The Balaban J connectivity index is 2.12. The minimum atomic E-state index is -1.93. The van der Waals surface area contributed by atoms with E-state index in [0.717, 1.165) is 25.7 Å². The molecular formula is C15H24N2O3. The van der Waals surface area contributed by atoms with E-state index in [2.05, 4.69) is 10.3 Å². The lowest BCUT2D eigenvalue weighted by molar-refractivity contribution is -0.131. The maximum absolute atomic E-state index is 12.2. The van der Waals surface area contributed by atoms with E-state index < -0.39 is 11.7 Å². The number of hydrogen-bond acceptors (Lipinski definition) is 4. The van der Waals surface area contributed by atoms with Crippen LogP contribution in [0, 0.1) is 11.8 Å². The maximum atomic E-state index is 12.2. The molecule has 1 fully saturated rings. The van der Waals surface area contributed by atoms with Gasteiger partial charge >= 0.3 is 0 Å². The van der Waals surface area contributed by atoms with Crippen LogP contribution in [0.5, 0.6) is 0 Å². The molecule has 5 nitrogen and oxygen atoms in total. The van der Waals surface area contributed by atoms with Crippen LogP contribution in [0.3, 0.4) is 0 Å². The Morgan fingerprint density at radius 2 is 1.85 bits per heavy atom. The molecule has 1 amide bonds. The van der Waals surface area contributed by atoms with Crippen LogP contribution in [0.1, 0.15) is 52.9 Å². The third-order valence-electron chi connectivity index (χ3n) is 4.66. The fourth-order valence-corrected chi connectivity index (χ4v) is 2.87. The second kappa shape index (κ2) is 5.66. The average Bonchev–Trinajstić information content (AvgIpc) is 2.44. The second-order valence-electron chi connectivity index (χ2n) is 6.00. The summed E-state index contributed by atoms with van der Waals surface area (Å²) < 4.78 is 0. The Hall–Kier alpha value is -1.20. The molecule has 2 rings (SSSR count). The highest BCUT2D eigenvalue weighted by molar-refractivity contribution is 5.92. The summed E-state index contributed by atoms with van der Waals surface area (Å²) in [6.07, 6.45) is 5.27. The lowest BCUT2D eigenvalue weighted by atomic mass is 9.87. The van der Waals surface area contributed by atoms with Crippen LogP contribution in [0.25, 0.3) is 0 Å². The van der Waals surface area contributed by atoms with Gasteiger partial charge in [0, 0.05) is 11.8 Å². The number of nitrogens with one attached hydrogen (secondary N) is 1. The monoisotopic (exact) mass is 280 g/mol. The van der Waals surface area contributed by atoms with Crippen LogP contribution in [0.2, 0.25) is 0 Å². The van der Waals surface area contributed by atoms with Gasteiger partial charge in [-0.3, -0.25) is 4.79 Å². The molecule has 0 saturated heterocycles. The van der Waals surface area contributed by atoms with E-state index in [9.17, 15) is 15.0 Å². The Morgan fingerprint density at radius 3 is 2.45 bits per heavy atom. The van der Waals surface area contributed by atoms with E-state index in [1.165, 1.54) is 6.42 Å². The predicted octanol–water partition coefficient (Wildman–Crippen LogP) is 1.71. The summed E-state index contributed by atoms with van der Waals surface area (Å²) in [7, 11) is 0. The van der Waals surface area contributed by atoms with Crippen molar-refractivity contribution >= 4 is 11.6 Å². The summed E-state index contributed by atoms with van der Waals surface area (Å²) in [5, 5.41) is 22.8. The quantitative estimate of drug-likeness (QED) is 0.673. The Bertz CT molecular complexity index is 460. The predicted molar refractivity (Wildman–Crippen MR) is 76.9 cm³/mol. The van der Waals surface area contributed by atoms with E-state index in [1.807, 2.05) is 0 Å². The normalized spacial score (nSPS) is 27.2. The minimum Gasteiger partial charge on any atom is -0.361 e. The van der Waals surface area contributed by atoms with Crippen LogP contribution in [-0.4, -0.2) is 27.6 Å². The molecule has 0 aromatic rings. The van der Waals surface area contributed by atoms with Crippen molar-refractivity contribution in [2.45, 2.75) is 58.7 Å². The van der Waals surface area contributed by atoms with Gasteiger partial charge in [-0.1, -0.05) is 26.2 Å². The average molecular weight is 280 g/mol. The van der Waals surface area contributed by atoms with Gasteiger partial charge in [0.15, 0.2) is 0 Å². The van der Waals surface area contributed by atoms with Gasteiger partial charge in [-0.15, -0.1) is 0 Å². The third-order valence-corrected chi connectivity index (χ3v) is 4.66. The zero-order valence-electron chi connectivity index (χ0n) is 12.4. The number of hydrogen-bond donors (Lipinski definition) is 3. The maximum Gasteiger partial charge on any atom is 0.228 e. The van der Waals surface area contributed by atoms with E-state index in [1.54, 1.807) is 20.8 Å². The first-order valence-corrected chi connectivity index (χ1v) is 7.36. The van der Waals surface area contributed by atoms with E-state index in [0.29, 0.717) is 11.4 Å². The van der Waals surface area contributed by atoms with Gasteiger partial charge in [0.05, 0.1) is 5.71 Å². The smallest absolute Gasteiger partial charge is 0.228 e. The van der Waals surface area contributed by atoms with Crippen LogP contribution < -0.4 is 5.32 Å². The zero-order valence-corrected chi connectivity index (χ0v) is 12.4. The molecule has 1 saturated carbocycles. The van der Waals surface area contributed by atoms with Crippen molar-refractivity contribution in [3.05, 3.63) is 11.4 Å². The number of nitrogens with zero attached hydrogens (tertiary/aromatic N) is 1. The Labute approximate surface area is 119 Å².